The van der Waals surface area contributed by atoms with Crippen LogP contribution in [-0.2, 0) is 20.8 Å². The Morgan fingerprint density at radius 2 is 1.80 bits per heavy atom. The highest BCUT2D eigenvalue weighted by Gasteiger charge is 2.62. The number of aryl methyl sites for hydroxylation is 2. The van der Waals surface area contributed by atoms with Gasteiger partial charge in [-0.2, -0.15) is 0 Å². The van der Waals surface area contributed by atoms with Crippen LogP contribution in [-0.4, -0.2) is 62.0 Å². The zero-order valence-electron chi connectivity index (χ0n) is 19.0. The molecule has 4 rings (SSSR count). The Kier molecular flexibility index (Phi) is 5.57. The summed E-state index contributed by atoms with van der Waals surface area (Å²) in [6.07, 6.45) is -0.416. The van der Waals surface area contributed by atoms with Crippen LogP contribution in [0.5, 0.6) is 11.5 Å². The molecular formula is C24H25N3O8. The summed E-state index contributed by atoms with van der Waals surface area (Å²) < 4.78 is 0. The highest BCUT2D eigenvalue weighted by Crippen LogP contribution is 2.50. The van der Waals surface area contributed by atoms with Crippen LogP contribution in [0.15, 0.2) is 23.5 Å². The zero-order chi connectivity index (χ0) is 26.0. The predicted octanol–water partition coefficient (Wildman–Crippen LogP) is -0.332. The Labute approximate surface area is 199 Å². The van der Waals surface area contributed by atoms with Gasteiger partial charge >= 0.3 is 0 Å². The van der Waals surface area contributed by atoms with Crippen LogP contribution in [0, 0.1) is 19.8 Å². The zero-order valence-corrected chi connectivity index (χ0v) is 19.0. The summed E-state index contributed by atoms with van der Waals surface area (Å²) in [5.41, 5.74) is 7.60. The van der Waals surface area contributed by atoms with Crippen molar-refractivity contribution >= 4 is 34.2 Å². The number of benzene rings is 2. The molecule has 184 valence electrons. The summed E-state index contributed by atoms with van der Waals surface area (Å²) in [6.45, 7) is 3.20. The van der Waals surface area contributed by atoms with Gasteiger partial charge in [-0.05, 0) is 42.3 Å². The van der Waals surface area contributed by atoms with E-state index in [1.807, 2.05) is 0 Å². The van der Waals surface area contributed by atoms with Gasteiger partial charge in [-0.25, -0.2) is 0 Å². The van der Waals surface area contributed by atoms with Gasteiger partial charge in [-0.3, -0.25) is 19.2 Å². The van der Waals surface area contributed by atoms with Crippen molar-refractivity contribution in [1.29, 1.82) is 0 Å². The number of phenolic OH excluding ortho intramolecular Hbond substituents is 2. The third-order valence-corrected chi connectivity index (χ3v) is 7.01. The molecular weight excluding hydrogens is 458 g/mol. The lowest BCUT2D eigenvalue weighted by Gasteiger charge is -2.46. The minimum atomic E-state index is -2.86. The molecule has 0 spiro atoms. The lowest BCUT2D eigenvalue weighted by molar-refractivity contribution is -0.133. The molecule has 0 aromatic heterocycles. The number of hydrogen-bond acceptors (Lipinski definition) is 9. The summed E-state index contributed by atoms with van der Waals surface area (Å²) in [5, 5.41) is 46.8. The van der Waals surface area contributed by atoms with Crippen LogP contribution in [0.1, 0.15) is 33.5 Å². The van der Waals surface area contributed by atoms with Crippen LogP contribution in [0.3, 0.4) is 0 Å². The highest BCUT2D eigenvalue weighted by molar-refractivity contribution is 6.25. The Morgan fingerprint density at radius 1 is 1.14 bits per heavy atom. The van der Waals surface area contributed by atoms with E-state index < -0.39 is 58.0 Å². The standard InChI is InChI=1S/C24H25N3O8/c1-8-3-4-10-9(2)11-7-12-17(27-13(28)5-6-25)20(31)16(23(26)34)22(33)24(12,35)21(32)15(11)19(30)14(10)18(8)29/h3-4,12,17,29-30,33,35H,5-7,25H2,1-2H3,(H2,26,34)(H,27,28)/t12-,17+,24-/m0/s1. The van der Waals surface area contributed by atoms with Crippen LogP contribution in [0.2, 0.25) is 0 Å². The Bertz CT molecular complexity index is 1380. The lowest BCUT2D eigenvalue weighted by Crippen LogP contribution is -2.65. The molecule has 2 aromatic rings. The molecule has 9 N–H and O–H groups in total. The number of phenols is 2. The van der Waals surface area contributed by atoms with Crippen molar-refractivity contribution in [1.82, 2.24) is 5.32 Å². The number of nitrogens with two attached hydrogens (primary N) is 2. The maximum Gasteiger partial charge on any atom is 0.255 e. The maximum absolute atomic E-state index is 13.7. The van der Waals surface area contributed by atoms with E-state index in [0.717, 1.165) is 0 Å². The molecule has 0 aliphatic heterocycles. The number of ketones is 2. The van der Waals surface area contributed by atoms with Crippen molar-refractivity contribution < 1.29 is 39.6 Å². The summed E-state index contributed by atoms with van der Waals surface area (Å²) >= 11 is 0. The van der Waals surface area contributed by atoms with E-state index in [0.29, 0.717) is 16.5 Å². The SMILES string of the molecule is Cc1ccc2c(C)c3c(c(O)c2c1O)C(=O)[C@]1(O)C(O)=C(C(N)=O)C(=O)[C@H](NC(=O)CCN)[C@@H]1C3. The van der Waals surface area contributed by atoms with Gasteiger partial charge in [0.2, 0.25) is 11.7 Å². The van der Waals surface area contributed by atoms with E-state index in [1.165, 1.54) is 0 Å². The summed E-state index contributed by atoms with van der Waals surface area (Å²) in [6, 6.07) is 1.70. The molecule has 0 radical (unpaired) electrons. The number of hydrogen-bond donors (Lipinski definition) is 7. The molecule has 0 heterocycles. The van der Waals surface area contributed by atoms with Crippen molar-refractivity contribution in [2.24, 2.45) is 17.4 Å². The summed E-state index contributed by atoms with van der Waals surface area (Å²) in [4.78, 5) is 51.2. The minimum Gasteiger partial charge on any atom is -0.508 e. The van der Waals surface area contributed by atoms with Crippen molar-refractivity contribution in [3.05, 3.63) is 45.7 Å². The van der Waals surface area contributed by atoms with Crippen molar-refractivity contribution in [3.63, 3.8) is 0 Å². The quantitative estimate of drug-likeness (QED) is 0.283. The van der Waals surface area contributed by atoms with Gasteiger partial charge < -0.3 is 37.2 Å². The van der Waals surface area contributed by atoms with E-state index >= 15 is 0 Å². The third-order valence-electron chi connectivity index (χ3n) is 7.01. The molecule has 3 atom stereocenters. The molecule has 0 fully saturated rings. The first-order valence-corrected chi connectivity index (χ1v) is 10.9. The summed E-state index contributed by atoms with van der Waals surface area (Å²) in [7, 11) is 0. The molecule has 0 saturated carbocycles. The Balaban J connectivity index is 2.04. The molecule has 2 aromatic carbocycles. The smallest absolute Gasteiger partial charge is 0.255 e. The monoisotopic (exact) mass is 483 g/mol. The van der Waals surface area contributed by atoms with Crippen molar-refractivity contribution in [2.75, 3.05) is 6.54 Å². The summed E-state index contributed by atoms with van der Waals surface area (Å²) in [5.74, 6) is -7.88. The predicted molar refractivity (Wildman–Crippen MR) is 123 cm³/mol. The average Bonchev–Trinajstić information content (AvgIpc) is 2.78. The number of Topliss-reactive ketones (excluding diaryl/α,β-unsaturated/α-hetero) is 2. The van der Waals surface area contributed by atoms with E-state index in [1.54, 1.807) is 26.0 Å². The van der Waals surface area contributed by atoms with Gasteiger partial charge in [-0.15, -0.1) is 0 Å². The molecule has 35 heavy (non-hydrogen) atoms. The first-order valence-electron chi connectivity index (χ1n) is 10.9. The van der Waals surface area contributed by atoms with Crippen molar-refractivity contribution in [2.45, 2.75) is 38.3 Å². The van der Waals surface area contributed by atoms with E-state index in [2.05, 4.69) is 5.32 Å². The van der Waals surface area contributed by atoms with Gasteiger partial charge in [0.25, 0.3) is 5.91 Å². The fourth-order valence-corrected chi connectivity index (χ4v) is 5.16. The van der Waals surface area contributed by atoms with Crippen LogP contribution in [0.4, 0.5) is 0 Å². The maximum atomic E-state index is 13.7. The molecule has 2 aliphatic rings. The van der Waals surface area contributed by atoms with Gasteiger partial charge in [-0.1, -0.05) is 12.1 Å². The van der Waals surface area contributed by atoms with Gasteiger partial charge in [0, 0.05) is 18.9 Å². The number of aliphatic hydroxyl groups excluding tert-OH is 1. The van der Waals surface area contributed by atoms with E-state index in [9.17, 15) is 39.6 Å². The Hall–Kier alpha value is -3.96. The number of nitrogens with one attached hydrogen (secondary N) is 1. The second-order valence-corrected chi connectivity index (χ2v) is 8.92. The second kappa shape index (κ2) is 8.07. The van der Waals surface area contributed by atoms with Gasteiger partial charge in [0.1, 0.15) is 22.8 Å². The largest absolute Gasteiger partial charge is 0.508 e. The topological polar surface area (TPSA) is 213 Å². The van der Waals surface area contributed by atoms with Crippen LogP contribution >= 0.6 is 0 Å². The van der Waals surface area contributed by atoms with Crippen molar-refractivity contribution in [3.8, 4) is 11.5 Å². The fourth-order valence-electron chi connectivity index (χ4n) is 5.16. The molecule has 0 bridgehead atoms. The third kappa shape index (κ3) is 3.19. The molecule has 2 amide bonds. The number of aromatic hydroxyl groups is 2. The number of aliphatic hydroxyl groups is 2. The molecule has 2 aliphatic carbocycles. The molecule has 0 unspecified atom stereocenters. The molecule has 0 saturated heterocycles. The normalized spacial score (nSPS) is 23.8. The van der Waals surface area contributed by atoms with Crippen LogP contribution < -0.4 is 16.8 Å². The first kappa shape index (κ1) is 24.2. The number of primary amides is 1. The van der Waals surface area contributed by atoms with E-state index in [-0.39, 0.29) is 41.6 Å². The average molecular weight is 483 g/mol. The minimum absolute atomic E-state index is 0.0186. The Morgan fingerprint density at radius 3 is 2.40 bits per heavy atom. The molecule has 11 heteroatoms. The van der Waals surface area contributed by atoms with Gasteiger partial charge in [0.15, 0.2) is 11.4 Å². The van der Waals surface area contributed by atoms with E-state index in [4.69, 9.17) is 11.5 Å². The number of rotatable bonds is 4. The molecule has 11 nitrogen and oxygen atoms in total. The highest BCUT2D eigenvalue weighted by atomic mass is 16.3. The number of amides is 2. The van der Waals surface area contributed by atoms with Gasteiger partial charge in [0.05, 0.1) is 17.0 Å². The second-order valence-electron chi connectivity index (χ2n) is 8.92. The number of fused-ring (bicyclic) bond motifs is 3. The number of carbonyl (C=O) groups is 4. The fraction of sp³-hybridized carbons (Fsp3) is 0.333. The van der Waals surface area contributed by atoms with Crippen LogP contribution in [0.25, 0.3) is 10.8 Å². The first-order chi connectivity index (χ1) is 16.4. The lowest BCUT2D eigenvalue weighted by atomic mass is 9.61. The number of carbonyl (C=O) groups excluding carboxylic acids is 4.